The normalized spacial score (nSPS) is 20.1. The number of guanidine groups is 1. The molecule has 1 atom stereocenters. The fraction of sp³-hybridized carbons (Fsp3) is 0.636. The Balaban J connectivity index is 1.66. The first kappa shape index (κ1) is 22.6. The van der Waals surface area contributed by atoms with Gasteiger partial charge in [-0.1, -0.05) is 18.2 Å². The number of carbonyl (C=O) groups excluding carboxylic acids is 1. The predicted octanol–water partition coefficient (Wildman–Crippen LogP) is 2.39. The van der Waals surface area contributed by atoms with Crippen LogP contribution in [-0.4, -0.2) is 68.9 Å². The zero-order valence-electron chi connectivity index (χ0n) is 18.5. The summed E-state index contributed by atoms with van der Waals surface area (Å²) in [7, 11) is -1.47. The van der Waals surface area contributed by atoms with Crippen molar-refractivity contribution >= 4 is 27.4 Å². The van der Waals surface area contributed by atoms with Crippen molar-refractivity contribution in [3.63, 3.8) is 0 Å². The Kier molecular flexibility index (Phi) is 6.75. The number of benzene rings is 1. The molecule has 0 spiro atoms. The summed E-state index contributed by atoms with van der Waals surface area (Å²) in [6.45, 7) is 7.91. The molecule has 0 radical (unpaired) electrons. The van der Waals surface area contributed by atoms with E-state index in [4.69, 9.17) is 0 Å². The molecular weight excluding hydrogens is 400 g/mol. The van der Waals surface area contributed by atoms with Crippen molar-refractivity contribution in [3.8, 4) is 0 Å². The number of anilines is 1. The van der Waals surface area contributed by atoms with Gasteiger partial charge in [-0.2, -0.15) is 0 Å². The summed E-state index contributed by atoms with van der Waals surface area (Å²) in [5, 5.41) is 3.24. The fourth-order valence-corrected chi connectivity index (χ4v) is 5.08. The standard InChI is InChI=1S/C22H34N4O3S/c1-22(2,3)30(28,29)15-12-24-21(23-4)26-16-17(18-8-5-6-9-19(18)26)11-14-25-13-7-10-20(25)27/h5-6,8-9,17H,7,10-16H2,1-4H3,(H,23,24). The third-order valence-corrected chi connectivity index (χ3v) is 8.65. The molecule has 3 rings (SSSR count). The molecule has 0 bridgehead atoms. The Bertz CT molecular complexity index is 905. The predicted molar refractivity (Wildman–Crippen MR) is 122 cm³/mol. The molecule has 0 aliphatic carbocycles. The van der Waals surface area contributed by atoms with Crippen LogP contribution in [0.5, 0.6) is 0 Å². The largest absolute Gasteiger partial charge is 0.355 e. The lowest BCUT2D eigenvalue weighted by molar-refractivity contribution is -0.127. The number of hydrogen-bond acceptors (Lipinski definition) is 4. The van der Waals surface area contributed by atoms with Crippen LogP contribution in [0, 0.1) is 0 Å². The highest BCUT2D eigenvalue weighted by Crippen LogP contribution is 2.38. The van der Waals surface area contributed by atoms with E-state index in [9.17, 15) is 13.2 Å². The van der Waals surface area contributed by atoms with E-state index in [2.05, 4.69) is 27.3 Å². The molecule has 8 heteroatoms. The molecule has 2 heterocycles. The minimum absolute atomic E-state index is 0.0610. The van der Waals surface area contributed by atoms with Crippen LogP contribution in [0.15, 0.2) is 29.3 Å². The quantitative estimate of drug-likeness (QED) is 0.549. The summed E-state index contributed by atoms with van der Waals surface area (Å²) >= 11 is 0. The van der Waals surface area contributed by atoms with E-state index < -0.39 is 14.6 Å². The maximum Gasteiger partial charge on any atom is 0.222 e. The van der Waals surface area contributed by atoms with Gasteiger partial charge < -0.3 is 15.1 Å². The van der Waals surface area contributed by atoms with Crippen LogP contribution in [-0.2, 0) is 14.6 Å². The molecule has 0 saturated carbocycles. The van der Waals surface area contributed by atoms with Crippen molar-refractivity contribution in [3.05, 3.63) is 29.8 Å². The number of amides is 1. The zero-order valence-corrected chi connectivity index (χ0v) is 19.3. The molecule has 1 unspecified atom stereocenters. The number of likely N-dealkylation sites (tertiary alicyclic amines) is 1. The first-order valence-corrected chi connectivity index (χ1v) is 12.4. The Hall–Kier alpha value is -2.09. The van der Waals surface area contributed by atoms with Gasteiger partial charge in [0.1, 0.15) is 0 Å². The summed E-state index contributed by atoms with van der Waals surface area (Å²) < 4.78 is 24.0. The van der Waals surface area contributed by atoms with E-state index in [0.29, 0.717) is 24.8 Å². The van der Waals surface area contributed by atoms with E-state index in [1.165, 1.54) is 5.56 Å². The molecular formula is C22H34N4O3S. The maximum absolute atomic E-state index is 12.4. The van der Waals surface area contributed by atoms with Crippen LogP contribution >= 0.6 is 0 Å². The van der Waals surface area contributed by atoms with Crippen LogP contribution in [0.2, 0.25) is 0 Å². The number of hydrogen-bond donors (Lipinski definition) is 1. The SMILES string of the molecule is CN=C(NCCS(=O)(=O)C(C)(C)C)N1CC(CCN2CCCC2=O)c2ccccc21. The van der Waals surface area contributed by atoms with Gasteiger partial charge in [-0.25, -0.2) is 8.42 Å². The van der Waals surface area contributed by atoms with Crippen molar-refractivity contribution in [2.75, 3.05) is 43.9 Å². The lowest BCUT2D eigenvalue weighted by Gasteiger charge is -2.24. The third-order valence-electron chi connectivity index (χ3n) is 6.04. The zero-order chi connectivity index (χ0) is 21.9. The van der Waals surface area contributed by atoms with Crippen LogP contribution < -0.4 is 10.2 Å². The Morgan fingerprint density at radius 1 is 1.27 bits per heavy atom. The van der Waals surface area contributed by atoms with Gasteiger partial charge in [0.05, 0.1) is 10.5 Å². The summed E-state index contributed by atoms with van der Waals surface area (Å²) in [5.41, 5.74) is 2.36. The second-order valence-corrected chi connectivity index (χ2v) is 11.9. The summed E-state index contributed by atoms with van der Waals surface area (Å²) in [6.07, 6.45) is 2.54. The molecule has 1 N–H and O–H groups in total. The van der Waals surface area contributed by atoms with E-state index >= 15 is 0 Å². The molecule has 166 valence electrons. The minimum atomic E-state index is -3.19. The molecule has 1 aromatic carbocycles. The first-order chi connectivity index (χ1) is 14.1. The van der Waals surface area contributed by atoms with E-state index in [0.717, 1.165) is 38.2 Å². The molecule has 0 aromatic heterocycles. The number of nitrogens with one attached hydrogen (secondary N) is 1. The van der Waals surface area contributed by atoms with E-state index in [1.807, 2.05) is 17.0 Å². The van der Waals surface area contributed by atoms with Gasteiger partial charge in [-0.15, -0.1) is 0 Å². The van der Waals surface area contributed by atoms with Crippen LogP contribution in [0.3, 0.4) is 0 Å². The molecule has 1 fully saturated rings. The molecule has 1 aromatic rings. The van der Waals surface area contributed by atoms with Crippen molar-refractivity contribution in [2.45, 2.75) is 50.7 Å². The monoisotopic (exact) mass is 434 g/mol. The Labute approximate surface area is 180 Å². The summed E-state index contributed by atoms with van der Waals surface area (Å²) in [4.78, 5) is 20.5. The highest BCUT2D eigenvalue weighted by molar-refractivity contribution is 7.92. The fourth-order valence-electron chi connectivity index (χ4n) is 4.09. The molecule has 1 saturated heterocycles. The van der Waals surface area contributed by atoms with E-state index in [1.54, 1.807) is 27.8 Å². The van der Waals surface area contributed by atoms with Crippen molar-refractivity contribution in [2.24, 2.45) is 4.99 Å². The number of nitrogens with zero attached hydrogens (tertiary/aromatic N) is 3. The smallest absolute Gasteiger partial charge is 0.222 e. The van der Waals surface area contributed by atoms with Crippen molar-refractivity contribution in [1.82, 2.24) is 10.2 Å². The highest BCUT2D eigenvalue weighted by Gasteiger charge is 2.33. The number of rotatable bonds is 6. The Morgan fingerprint density at radius 3 is 2.63 bits per heavy atom. The first-order valence-electron chi connectivity index (χ1n) is 10.7. The van der Waals surface area contributed by atoms with Gasteiger partial charge in [-0.3, -0.25) is 9.79 Å². The van der Waals surface area contributed by atoms with Crippen molar-refractivity contribution < 1.29 is 13.2 Å². The van der Waals surface area contributed by atoms with Crippen LogP contribution in [0.4, 0.5) is 5.69 Å². The molecule has 1 amide bonds. The number of carbonyl (C=O) groups is 1. The molecule has 7 nitrogen and oxygen atoms in total. The topological polar surface area (TPSA) is 82.1 Å². The Morgan fingerprint density at radius 2 is 2.00 bits per heavy atom. The summed E-state index contributed by atoms with van der Waals surface area (Å²) in [6, 6.07) is 8.27. The number of para-hydroxylation sites is 1. The molecule has 2 aliphatic rings. The lowest BCUT2D eigenvalue weighted by atomic mass is 9.98. The summed E-state index contributed by atoms with van der Waals surface area (Å²) in [5.74, 6) is 1.32. The van der Waals surface area contributed by atoms with Gasteiger partial charge in [0.25, 0.3) is 0 Å². The second kappa shape index (κ2) is 8.96. The lowest BCUT2D eigenvalue weighted by Crippen LogP contribution is -2.44. The number of sulfone groups is 1. The van der Waals surface area contributed by atoms with Crippen molar-refractivity contribution in [1.29, 1.82) is 0 Å². The second-order valence-electron chi connectivity index (χ2n) is 9.04. The van der Waals surface area contributed by atoms with Gasteiger partial charge in [0.2, 0.25) is 5.91 Å². The van der Waals surface area contributed by atoms with Gasteiger partial charge in [0, 0.05) is 51.3 Å². The molecule has 30 heavy (non-hydrogen) atoms. The number of fused-ring (bicyclic) bond motifs is 1. The third kappa shape index (κ3) is 4.79. The van der Waals surface area contributed by atoms with Gasteiger partial charge in [0.15, 0.2) is 15.8 Å². The average Bonchev–Trinajstić information content (AvgIpc) is 3.26. The highest BCUT2D eigenvalue weighted by atomic mass is 32.2. The van der Waals surface area contributed by atoms with Gasteiger partial charge in [-0.05, 0) is 45.2 Å². The average molecular weight is 435 g/mol. The minimum Gasteiger partial charge on any atom is -0.355 e. The number of aliphatic imine (C=N–C) groups is 1. The van der Waals surface area contributed by atoms with Gasteiger partial charge >= 0.3 is 0 Å². The van der Waals surface area contributed by atoms with Crippen LogP contribution in [0.1, 0.15) is 51.5 Å². The van der Waals surface area contributed by atoms with Crippen LogP contribution in [0.25, 0.3) is 0 Å². The maximum atomic E-state index is 12.4. The van der Waals surface area contributed by atoms with E-state index in [-0.39, 0.29) is 11.7 Å². The molecule has 2 aliphatic heterocycles.